The van der Waals surface area contributed by atoms with Crippen molar-refractivity contribution in [3.05, 3.63) is 99.2 Å². The van der Waals surface area contributed by atoms with Crippen molar-refractivity contribution in [1.29, 1.82) is 5.26 Å². The lowest BCUT2D eigenvalue weighted by atomic mass is 10.0. The lowest BCUT2D eigenvalue weighted by Gasteiger charge is -2.15. The summed E-state index contributed by atoms with van der Waals surface area (Å²) in [6.07, 6.45) is 2.37. The highest BCUT2D eigenvalue weighted by Crippen LogP contribution is 2.39. The fourth-order valence-electron chi connectivity index (χ4n) is 6.91. The number of nitrogens with one attached hydrogen (secondary N) is 4. The van der Waals surface area contributed by atoms with Gasteiger partial charge in [-0.1, -0.05) is 6.08 Å². The molecule has 4 aromatic rings. The van der Waals surface area contributed by atoms with E-state index in [0.717, 1.165) is 24.4 Å². The average Bonchev–Trinajstić information content (AvgIpc) is 3.91. The molecular formula is C37H37F3N8O8S2. The van der Waals surface area contributed by atoms with Gasteiger partial charge in [0.05, 0.1) is 30.2 Å². The molecular weight excluding hydrogens is 806 g/mol. The number of anilines is 2. The minimum atomic E-state index is -4.49. The van der Waals surface area contributed by atoms with E-state index in [1.807, 2.05) is 0 Å². The molecule has 0 spiro atoms. The third-order valence-corrected chi connectivity index (χ3v) is 12.8. The van der Waals surface area contributed by atoms with E-state index in [2.05, 4.69) is 25.1 Å². The van der Waals surface area contributed by atoms with Gasteiger partial charge in [0.15, 0.2) is 0 Å². The number of aliphatic hydroxyl groups is 2. The molecule has 2 unspecified atom stereocenters. The number of fused-ring (bicyclic) bond motifs is 2. The molecule has 5 heterocycles. The Morgan fingerprint density at radius 3 is 2.16 bits per heavy atom. The monoisotopic (exact) mass is 842 g/mol. The lowest BCUT2D eigenvalue weighted by molar-refractivity contribution is 0.101. The Hall–Kier alpha value is -5.63. The maximum atomic E-state index is 14.2. The zero-order chi connectivity index (χ0) is 42.3. The Balaban J connectivity index is 1.48. The normalized spacial score (nSPS) is 14.5. The molecule has 16 nitrogen and oxygen atoms in total. The van der Waals surface area contributed by atoms with E-state index in [-0.39, 0.29) is 80.1 Å². The van der Waals surface area contributed by atoms with Crippen molar-refractivity contribution in [2.45, 2.75) is 68.6 Å². The molecule has 0 bridgehead atoms. The van der Waals surface area contributed by atoms with Crippen molar-refractivity contribution in [2.75, 3.05) is 23.8 Å². The zero-order valence-corrected chi connectivity index (χ0v) is 32.7. The van der Waals surface area contributed by atoms with Gasteiger partial charge in [0, 0.05) is 53.9 Å². The number of halogens is 3. The number of aliphatic hydroxyl groups excluding tert-OH is 2. The van der Waals surface area contributed by atoms with Gasteiger partial charge in [-0.3, -0.25) is 14.6 Å². The first-order chi connectivity index (χ1) is 27.4. The van der Waals surface area contributed by atoms with Crippen LogP contribution in [0.3, 0.4) is 0 Å². The highest BCUT2D eigenvalue weighted by molar-refractivity contribution is 7.90. The summed E-state index contributed by atoms with van der Waals surface area (Å²) in [6.45, 7) is 2.94. The molecule has 2 amide bonds. The second-order valence-electron chi connectivity index (χ2n) is 13.7. The molecule has 21 heteroatoms. The molecule has 2 aliphatic rings. The number of sulfonamides is 2. The summed E-state index contributed by atoms with van der Waals surface area (Å²) < 4.78 is 104. The summed E-state index contributed by atoms with van der Waals surface area (Å²) in [5.74, 6) is -2.52. The van der Waals surface area contributed by atoms with Crippen LogP contribution in [0.25, 0.3) is 12.2 Å². The van der Waals surface area contributed by atoms with Crippen LogP contribution < -0.4 is 20.1 Å². The van der Waals surface area contributed by atoms with Crippen molar-refractivity contribution in [2.24, 2.45) is 0 Å². The smallest absolute Gasteiger partial charge is 0.280 e. The fraction of sp³-hybridized carbons (Fsp3) is 0.297. The Morgan fingerprint density at radius 1 is 0.914 bits per heavy atom. The molecule has 0 aliphatic carbocycles. The molecule has 1 aromatic carbocycles. The van der Waals surface area contributed by atoms with Crippen LogP contribution in [0.2, 0.25) is 0 Å². The number of hydrogen-bond acceptors (Lipinski definition) is 10. The van der Waals surface area contributed by atoms with E-state index in [1.165, 1.54) is 54.2 Å². The number of nitriles is 1. The van der Waals surface area contributed by atoms with Crippen LogP contribution in [-0.4, -0.2) is 78.3 Å². The molecule has 306 valence electrons. The maximum absolute atomic E-state index is 14.2. The van der Waals surface area contributed by atoms with E-state index in [0.29, 0.717) is 5.57 Å². The zero-order valence-electron chi connectivity index (χ0n) is 31.0. The topological polar surface area (TPSA) is 238 Å². The Labute approximate surface area is 330 Å². The van der Waals surface area contributed by atoms with Crippen LogP contribution in [0.5, 0.6) is 0 Å². The minimum absolute atomic E-state index is 0.00251. The van der Waals surface area contributed by atoms with Crippen LogP contribution in [-0.2, 0) is 39.6 Å². The molecule has 6 N–H and O–H groups in total. The standard InChI is InChI=1S/C37H37F3N8O8S2/c1-19(17-49)45-57(53,54)33-21(3)31(36(51)44-25-8-9-42-28(14-25)35(39)40)48-16-22(12-30(33)48)11-26-32(37(52)43-24-6-7-27(38)23(13-24)15-41)47-10-4-5-29(47)34(26)58(55,56)46-20(2)18-50/h4-9,12-14,19-20,35,45-46,49-50H,10-11,16-18H2,1-3H3,(H,43,52)(H,42,44,51). The van der Waals surface area contributed by atoms with Gasteiger partial charge < -0.3 is 30.0 Å². The van der Waals surface area contributed by atoms with Crippen LogP contribution in [0.4, 0.5) is 24.5 Å². The van der Waals surface area contributed by atoms with Gasteiger partial charge in [-0.15, -0.1) is 0 Å². The number of pyridine rings is 1. The minimum Gasteiger partial charge on any atom is -0.395 e. The van der Waals surface area contributed by atoms with Crippen molar-refractivity contribution in [1.82, 2.24) is 23.6 Å². The van der Waals surface area contributed by atoms with E-state index in [9.17, 15) is 55.1 Å². The summed E-state index contributed by atoms with van der Waals surface area (Å²) in [5, 5.41) is 33.8. The first kappa shape index (κ1) is 42.0. The highest BCUT2D eigenvalue weighted by Gasteiger charge is 2.38. The number of carbonyl (C=O) groups is 2. The first-order valence-electron chi connectivity index (χ1n) is 17.6. The molecule has 0 radical (unpaired) electrons. The van der Waals surface area contributed by atoms with Crippen LogP contribution in [0.15, 0.2) is 58.0 Å². The molecule has 6 rings (SSSR count). The summed E-state index contributed by atoms with van der Waals surface area (Å²) in [4.78, 5) is 31.0. The summed E-state index contributed by atoms with van der Waals surface area (Å²) in [7, 11) is -8.95. The second-order valence-corrected chi connectivity index (χ2v) is 17.0. The third kappa shape index (κ3) is 8.07. The van der Waals surface area contributed by atoms with Gasteiger partial charge in [0.2, 0.25) is 20.0 Å². The molecule has 2 aliphatic heterocycles. The summed E-state index contributed by atoms with van der Waals surface area (Å²) >= 11 is 0. The maximum Gasteiger partial charge on any atom is 0.280 e. The molecule has 0 saturated heterocycles. The lowest BCUT2D eigenvalue weighted by Crippen LogP contribution is -2.35. The van der Waals surface area contributed by atoms with E-state index in [4.69, 9.17) is 0 Å². The molecule has 58 heavy (non-hydrogen) atoms. The van der Waals surface area contributed by atoms with Crippen molar-refractivity contribution in [3.8, 4) is 6.07 Å². The SMILES string of the molecule is Cc1c(S(=O)(=O)NC(C)CO)c2n(c1C(=O)Nc1ccnc(C(F)F)c1)CC(Cc1c(S(=O)(=O)NC(C)CO)c3n(c1C(=O)Nc1ccc(F)c(C#N)c1)CC=C3)=C2. The number of carbonyl (C=O) groups excluding carboxylic acids is 2. The summed E-state index contributed by atoms with van der Waals surface area (Å²) in [5.41, 5.74) is -0.897. The number of rotatable bonds is 15. The van der Waals surface area contributed by atoms with Crippen molar-refractivity contribution < 1.29 is 49.8 Å². The molecule has 2 atom stereocenters. The van der Waals surface area contributed by atoms with Gasteiger partial charge in [0.25, 0.3) is 18.2 Å². The van der Waals surface area contributed by atoms with E-state index >= 15 is 0 Å². The Morgan fingerprint density at radius 2 is 1.53 bits per heavy atom. The van der Waals surface area contributed by atoms with Gasteiger partial charge in [0.1, 0.15) is 38.8 Å². The average molecular weight is 843 g/mol. The van der Waals surface area contributed by atoms with Crippen molar-refractivity contribution in [3.63, 3.8) is 0 Å². The van der Waals surface area contributed by atoms with Gasteiger partial charge in [-0.25, -0.2) is 39.5 Å². The molecule has 0 fully saturated rings. The number of hydrogen-bond donors (Lipinski definition) is 6. The fourth-order valence-corrected chi connectivity index (χ4v) is 10.2. The Bertz CT molecular complexity index is 2670. The predicted octanol–water partition coefficient (Wildman–Crippen LogP) is 3.43. The largest absolute Gasteiger partial charge is 0.395 e. The van der Waals surface area contributed by atoms with Crippen LogP contribution >= 0.6 is 0 Å². The van der Waals surface area contributed by atoms with E-state index in [1.54, 1.807) is 12.1 Å². The number of benzene rings is 1. The number of aromatic nitrogens is 3. The van der Waals surface area contributed by atoms with Gasteiger partial charge in [-0.05, 0) is 75.2 Å². The third-order valence-electron chi connectivity index (χ3n) is 9.35. The second kappa shape index (κ2) is 16.3. The molecule has 0 saturated carbocycles. The van der Waals surface area contributed by atoms with Crippen LogP contribution in [0.1, 0.15) is 75.0 Å². The van der Waals surface area contributed by atoms with Gasteiger partial charge in [-0.2, -0.15) is 5.26 Å². The number of alkyl halides is 2. The van der Waals surface area contributed by atoms with Gasteiger partial charge >= 0.3 is 0 Å². The highest BCUT2D eigenvalue weighted by atomic mass is 32.2. The molecule has 3 aromatic heterocycles. The van der Waals surface area contributed by atoms with Crippen molar-refractivity contribution >= 4 is 55.4 Å². The first-order valence-corrected chi connectivity index (χ1v) is 20.5. The predicted molar refractivity (Wildman–Crippen MR) is 204 cm³/mol. The number of amides is 2. The summed E-state index contributed by atoms with van der Waals surface area (Å²) in [6, 6.07) is 5.34. The number of nitrogens with zero attached hydrogens (tertiary/aromatic N) is 4. The Kier molecular flexibility index (Phi) is 11.8. The number of allylic oxidation sites excluding steroid dienone is 2. The van der Waals surface area contributed by atoms with E-state index < -0.39 is 75.1 Å². The van der Waals surface area contributed by atoms with Crippen LogP contribution in [0, 0.1) is 24.1 Å². The quantitative estimate of drug-likeness (QED) is 0.102.